The third kappa shape index (κ3) is 3.95. The average Bonchev–Trinajstić information content (AvgIpc) is 2.48. The molecule has 0 bridgehead atoms. The highest BCUT2D eigenvalue weighted by Crippen LogP contribution is 2.23. The molecule has 1 aromatic carbocycles. The SMILES string of the molecule is COC(=O)c1cc(NC(=O)[C@@H]2CCCN(C)C2)ccc1Cl. The molecule has 6 heteroatoms. The zero-order chi connectivity index (χ0) is 15.4. The number of esters is 1. The van der Waals surface area contributed by atoms with Crippen LogP contribution in [0.2, 0.25) is 5.02 Å². The number of ether oxygens (including phenoxy) is 1. The third-order valence-electron chi connectivity index (χ3n) is 3.63. The van der Waals surface area contributed by atoms with Gasteiger partial charge in [-0.3, -0.25) is 4.79 Å². The summed E-state index contributed by atoms with van der Waals surface area (Å²) in [5.41, 5.74) is 0.802. The summed E-state index contributed by atoms with van der Waals surface area (Å²) in [5.74, 6) is -0.575. The topological polar surface area (TPSA) is 58.6 Å². The van der Waals surface area contributed by atoms with Crippen LogP contribution in [-0.4, -0.2) is 44.0 Å². The molecule has 0 unspecified atom stereocenters. The standard InChI is InChI=1S/C15H19ClN2O3/c1-18-7-3-4-10(9-18)14(19)17-11-5-6-13(16)12(8-11)15(20)21-2/h5-6,8,10H,3-4,7,9H2,1-2H3,(H,17,19)/t10-/m1/s1. The van der Waals surface area contributed by atoms with Crippen LogP contribution in [0, 0.1) is 5.92 Å². The van der Waals surface area contributed by atoms with Crippen molar-refractivity contribution in [1.29, 1.82) is 0 Å². The van der Waals surface area contributed by atoms with Crippen molar-refractivity contribution >= 4 is 29.2 Å². The van der Waals surface area contributed by atoms with Gasteiger partial charge in [-0.05, 0) is 44.6 Å². The maximum atomic E-state index is 12.3. The molecule has 2 rings (SSSR count). The van der Waals surface area contributed by atoms with E-state index in [4.69, 9.17) is 11.6 Å². The third-order valence-corrected chi connectivity index (χ3v) is 3.96. The fourth-order valence-electron chi connectivity index (χ4n) is 2.49. The molecule has 1 heterocycles. The van der Waals surface area contributed by atoms with Gasteiger partial charge in [-0.15, -0.1) is 0 Å². The van der Waals surface area contributed by atoms with Crippen molar-refractivity contribution in [2.45, 2.75) is 12.8 Å². The van der Waals surface area contributed by atoms with E-state index in [1.807, 2.05) is 7.05 Å². The maximum Gasteiger partial charge on any atom is 0.339 e. The van der Waals surface area contributed by atoms with Gasteiger partial charge in [0, 0.05) is 12.2 Å². The quantitative estimate of drug-likeness (QED) is 0.871. The molecular formula is C15H19ClN2O3. The van der Waals surface area contributed by atoms with Crippen LogP contribution in [-0.2, 0) is 9.53 Å². The van der Waals surface area contributed by atoms with Crippen LogP contribution in [0.25, 0.3) is 0 Å². The number of piperidine rings is 1. The van der Waals surface area contributed by atoms with Crippen LogP contribution in [0.3, 0.4) is 0 Å². The first kappa shape index (κ1) is 15.8. The lowest BCUT2D eigenvalue weighted by Gasteiger charge is -2.28. The Morgan fingerprint density at radius 1 is 1.43 bits per heavy atom. The second-order valence-electron chi connectivity index (χ2n) is 5.28. The summed E-state index contributed by atoms with van der Waals surface area (Å²) < 4.78 is 4.66. The van der Waals surface area contributed by atoms with Crippen molar-refractivity contribution < 1.29 is 14.3 Å². The largest absolute Gasteiger partial charge is 0.465 e. The summed E-state index contributed by atoms with van der Waals surface area (Å²) in [4.78, 5) is 26.0. The zero-order valence-corrected chi connectivity index (χ0v) is 12.9. The molecule has 0 aliphatic carbocycles. The van der Waals surface area contributed by atoms with Gasteiger partial charge in [0.15, 0.2) is 0 Å². The number of nitrogens with zero attached hydrogens (tertiary/aromatic N) is 1. The Hall–Kier alpha value is -1.59. The van der Waals surface area contributed by atoms with Crippen LogP contribution in [0.4, 0.5) is 5.69 Å². The van der Waals surface area contributed by atoms with Crippen LogP contribution in [0.1, 0.15) is 23.2 Å². The Bertz CT molecular complexity index is 548. The normalized spacial score (nSPS) is 19.1. The molecule has 21 heavy (non-hydrogen) atoms. The number of benzene rings is 1. The number of hydrogen-bond donors (Lipinski definition) is 1. The van der Waals surface area contributed by atoms with E-state index >= 15 is 0 Å². The van der Waals surface area contributed by atoms with Crippen molar-refractivity contribution in [1.82, 2.24) is 4.90 Å². The Kier molecular flexibility index (Phi) is 5.20. The second kappa shape index (κ2) is 6.91. The molecule has 1 aromatic rings. The fraction of sp³-hybridized carbons (Fsp3) is 0.467. The lowest BCUT2D eigenvalue weighted by Crippen LogP contribution is -2.38. The molecule has 1 atom stereocenters. The van der Waals surface area contributed by atoms with Crippen LogP contribution in [0.15, 0.2) is 18.2 Å². The number of carbonyl (C=O) groups excluding carboxylic acids is 2. The predicted octanol–water partition coefficient (Wildman–Crippen LogP) is 2.41. The van der Waals surface area contributed by atoms with Gasteiger partial charge in [-0.25, -0.2) is 4.79 Å². The first-order valence-electron chi connectivity index (χ1n) is 6.88. The van der Waals surface area contributed by atoms with Gasteiger partial charge >= 0.3 is 5.97 Å². The monoisotopic (exact) mass is 310 g/mol. The lowest BCUT2D eigenvalue weighted by molar-refractivity contribution is -0.121. The zero-order valence-electron chi connectivity index (χ0n) is 12.2. The van der Waals surface area contributed by atoms with E-state index in [0.717, 1.165) is 25.9 Å². The minimum atomic E-state index is -0.520. The molecule has 1 amide bonds. The molecule has 1 aliphatic rings. The molecule has 0 spiro atoms. The molecule has 1 N–H and O–H groups in total. The van der Waals surface area contributed by atoms with E-state index in [9.17, 15) is 9.59 Å². The van der Waals surface area contributed by atoms with Crippen molar-refractivity contribution in [2.75, 3.05) is 32.6 Å². The van der Waals surface area contributed by atoms with E-state index in [-0.39, 0.29) is 17.4 Å². The molecule has 1 aliphatic heterocycles. The number of hydrogen-bond acceptors (Lipinski definition) is 4. The molecule has 114 valence electrons. The molecule has 0 radical (unpaired) electrons. The summed E-state index contributed by atoms with van der Waals surface area (Å²) in [6.45, 7) is 1.78. The molecule has 5 nitrogen and oxygen atoms in total. The van der Waals surface area contributed by atoms with Gasteiger partial charge in [0.25, 0.3) is 0 Å². The number of anilines is 1. The van der Waals surface area contributed by atoms with Crippen LogP contribution in [0.5, 0.6) is 0 Å². The van der Waals surface area contributed by atoms with Crippen LogP contribution >= 0.6 is 11.6 Å². The maximum absolute atomic E-state index is 12.3. The highest BCUT2D eigenvalue weighted by atomic mass is 35.5. The Morgan fingerprint density at radius 3 is 2.86 bits per heavy atom. The first-order valence-corrected chi connectivity index (χ1v) is 7.26. The van der Waals surface area contributed by atoms with E-state index in [1.165, 1.54) is 7.11 Å². The number of methoxy groups -OCH3 is 1. The van der Waals surface area contributed by atoms with Gasteiger partial charge in [0.1, 0.15) is 0 Å². The van der Waals surface area contributed by atoms with Crippen molar-refractivity contribution in [2.24, 2.45) is 5.92 Å². The van der Waals surface area contributed by atoms with Gasteiger partial charge in [0.2, 0.25) is 5.91 Å². The number of rotatable bonds is 3. The second-order valence-corrected chi connectivity index (χ2v) is 5.68. The predicted molar refractivity (Wildman–Crippen MR) is 81.6 cm³/mol. The highest BCUT2D eigenvalue weighted by molar-refractivity contribution is 6.33. The van der Waals surface area contributed by atoms with Gasteiger partial charge in [-0.2, -0.15) is 0 Å². The van der Waals surface area contributed by atoms with Crippen molar-refractivity contribution in [3.63, 3.8) is 0 Å². The van der Waals surface area contributed by atoms with E-state index in [2.05, 4.69) is 15.0 Å². The Morgan fingerprint density at radius 2 is 2.19 bits per heavy atom. The summed E-state index contributed by atoms with van der Waals surface area (Å²) in [7, 11) is 3.30. The molecule has 0 aromatic heterocycles. The molecular weight excluding hydrogens is 292 g/mol. The molecule has 0 saturated carbocycles. The summed E-state index contributed by atoms with van der Waals surface area (Å²) in [6.07, 6.45) is 1.90. The smallest absolute Gasteiger partial charge is 0.339 e. The number of carbonyl (C=O) groups is 2. The van der Waals surface area contributed by atoms with Gasteiger partial charge in [0.05, 0.1) is 23.6 Å². The minimum absolute atomic E-state index is 0.0268. The number of amides is 1. The van der Waals surface area contributed by atoms with Crippen molar-refractivity contribution in [3.05, 3.63) is 28.8 Å². The van der Waals surface area contributed by atoms with E-state index in [1.54, 1.807) is 18.2 Å². The number of likely N-dealkylation sites (tertiary alicyclic amines) is 1. The van der Waals surface area contributed by atoms with Gasteiger partial charge < -0.3 is 15.0 Å². The first-order chi connectivity index (χ1) is 10.0. The average molecular weight is 311 g/mol. The lowest BCUT2D eigenvalue weighted by atomic mass is 9.97. The van der Waals surface area contributed by atoms with E-state index < -0.39 is 5.97 Å². The number of nitrogens with one attached hydrogen (secondary N) is 1. The summed E-state index contributed by atoms with van der Waals surface area (Å²) in [6, 6.07) is 4.80. The Balaban J connectivity index is 2.08. The summed E-state index contributed by atoms with van der Waals surface area (Å²) >= 11 is 5.95. The van der Waals surface area contributed by atoms with Crippen molar-refractivity contribution in [3.8, 4) is 0 Å². The summed E-state index contributed by atoms with van der Waals surface area (Å²) in [5, 5.41) is 3.15. The number of halogens is 1. The minimum Gasteiger partial charge on any atom is -0.465 e. The van der Waals surface area contributed by atoms with Crippen LogP contribution < -0.4 is 5.32 Å². The fourth-order valence-corrected chi connectivity index (χ4v) is 2.69. The highest BCUT2D eigenvalue weighted by Gasteiger charge is 2.24. The Labute approximate surface area is 129 Å². The molecule has 1 fully saturated rings. The van der Waals surface area contributed by atoms with E-state index in [0.29, 0.717) is 10.7 Å². The van der Waals surface area contributed by atoms with Gasteiger partial charge in [-0.1, -0.05) is 11.6 Å². The molecule has 1 saturated heterocycles.